The van der Waals surface area contributed by atoms with Gasteiger partial charge in [-0.25, -0.2) is 10.5 Å². The Bertz CT molecular complexity index is 586. The maximum Gasteiger partial charge on any atom is 0.294 e. The molecule has 0 spiro atoms. The molecule has 2 heterocycles. The second-order valence-electron chi connectivity index (χ2n) is 4.86. The molecule has 1 amide bonds. The lowest BCUT2D eigenvalue weighted by Crippen LogP contribution is -2.29. The molecule has 1 saturated carbocycles. The maximum absolute atomic E-state index is 12.1. The lowest BCUT2D eigenvalue weighted by molar-refractivity contribution is -0.0127. The van der Waals surface area contributed by atoms with Gasteiger partial charge in [-0.2, -0.15) is 0 Å². The van der Waals surface area contributed by atoms with E-state index in [9.17, 15) is 4.79 Å². The van der Waals surface area contributed by atoms with Gasteiger partial charge in [0.25, 0.3) is 5.91 Å². The first kappa shape index (κ1) is 13.3. The number of furan rings is 1. The molecule has 2 aromatic heterocycles. The molecule has 1 aliphatic rings. The van der Waals surface area contributed by atoms with Crippen LogP contribution in [0.15, 0.2) is 22.8 Å². The van der Waals surface area contributed by atoms with Crippen LogP contribution in [0.2, 0.25) is 0 Å². The zero-order valence-electron chi connectivity index (χ0n) is 11.2. The fourth-order valence-electron chi connectivity index (χ4n) is 2.30. The second kappa shape index (κ2) is 5.76. The third kappa shape index (κ3) is 2.76. The molecule has 0 radical (unpaired) electrons. The molecule has 3 rings (SSSR count). The Balaban J connectivity index is 1.68. The fourth-order valence-corrected chi connectivity index (χ4v) is 3.18. The number of carbonyl (C=O) groups is 1. The zero-order chi connectivity index (χ0) is 13.9. The van der Waals surface area contributed by atoms with Crippen molar-refractivity contribution < 1.29 is 14.0 Å². The topological polar surface area (TPSA) is 64.4 Å². The number of thiazole rings is 1. The van der Waals surface area contributed by atoms with E-state index in [1.165, 1.54) is 24.2 Å². The van der Waals surface area contributed by atoms with Crippen LogP contribution in [-0.2, 0) is 4.84 Å². The van der Waals surface area contributed by atoms with E-state index in [0.29, 0.717) is 16.5 Å². The Labute approximate surface area is 120 Å². The minimum Gasteiger partial charge on any atom is -0.462 e. The molecule has 1 aliphatic carbocycles. The average Bonchev–Trinajstić information content (AvgIpc) is 3.17. The van der Waals surface area contributed by atoms with Crippen molar-refractivity contribution in [3.63, 3.8) is 0 Å². The van der Waals surface area contributed by atoms with Crippen LogP contribution in [0, 0.1) is 6.92 Å². The predicted octanol–water partition coefficient (Wildman–Crippen LogP) is 3.32. The van der Waals surface area contributed by atoms with E-state index in [2.05, 4.69) is 10.5 Å². The molecule has 0 saturated heterocycles. The monoisotopic (exact) mass is 292 g/mol. The van der Waals surface area contributed by atoms with Gasteiger partial charge >= 0.3 is 0 Å². The Kier molecular flexibility index (Phi) is 3.84. The van der Waals surface area contributed by atoms with Crippen LogP contribution in [0.25, 0.3) is 10.8 Å². The molecule has 0 aromatic carbocycles. The first-order chi connectivity index (χ1) is 9.74. The molecule has 0 atom stereocenters. The number of amides is 1. The molecule has 1 N–H and O–H groups in total. The van der Waals surface area contributed by atoms with Crippen LogP contribution < -0.4 is 5.48 Å². The number of nitrogens with one attached hydrogen (secondary N) is 1. The van der Waals surface area contributed by atoms with E-state index in [-0.39, 0.29) is 12.0 Å². The minimum absolute atomic E-state index is 0.141. The highest BCUT2D eigenvalue weighted by atomic mass is 32.1. The van der Waals surface area contributed by atoms with Crippen molar-refractivity contribution in [3.05, 3.63) is 29.0 Å². The number of aryl methyl sites for hydroxylation is 1. The van der Waals surface area contributed by atoms with Crippen LogP contribution in [0.5, 0.6) is 0 Å². The molecular weight excluding hydrogens is 276 g/mol. The van der Waals surface area contributed by atoms with Gasteiger partial charge in [0.2, 0.25) is 0 Å². The van der Waals surface area contributed by atoms with Gasteiger partial charge in [0.1, 0.15) is 5.69 Å². The summed E-state index contributed by atoms with van der Waals surface area (Å²) < 4.78 is 5.29. The third-order valence-electron chi connectivity index (χ3n) is 3.36. The normalized spacial score (nSPS) is 15.7. The predicted molar refractivity (Wildman–Crippen MR) is 75.4 cm³/mol. The van der Waals surface area contributed by atoms with Crippen LogP contribution in [0.4, 0.5) is 0 Å². The number of rotatable bonds is 4. The summed E-state index contributed by atoms with van der Waals surface area (Å²) in [6, 6.07) is 3.63. The molecule has 5 nitrogen and oxygen atoms in total. The molecule has 106 valence electrons. The molecule has 0 bridgehead atoms. The van der Waals surface area contributed by atoms with Crippen molar-refractivity contribution in [2.45, 2.75) is 38.7 Å². The van der Waals surface area contributed by atoms with Gasteiger partial charge in [-0.1, -0.05) is 12.8 Å². The average molecular weight is 292 g/mol. The molecule has 1 fully saturated rings. The Morgan fingerprint density at radius 2 is 2.30 bits per heavy atom. The highest BCUT2D eigenvalue weighted by molar-refractivity contribution is 7.15. The van der Waals surface area contributed by atoms with Crippen LogP contribution >= 0.6 is 11.3 Å². The summed E-state index contributed by atoms with van der Waals surface area (Å²) in [4.78, 5) is 22.7. The van der Waals surface area contributed by atoms with Crippen molar-refractivity contribution >= 4 is 17.2 Å². The van der Waals surface area contributed by atoms with E-state index in [1.54, 1.807) is 12.3 Å². The molecule has 20 heavy (non-hydrogen) atoms. The summed E-state index contributed by atoms with van der Waals surface area (Å²) >= 11 is 1.44. The number of carbonyl (C=O) groups excluding carboxylic acids is 1. The van der Waals surface area contributed by atoms with E-state index >= 15 is 0 Å². The summed E-state index contributed by atoms with van der Waals surface area (Å²) in [5.41, 5.74) is 2.92. The van der Waals surface area contributed by atoms with Gasteiger partial charge in [0.15, 0.2) is 10.8 Å². The summed E-state index contributed by atoms with van der Waals surface area (Å²) in [6.45, 7) is 1.87. The van der Waals surface area contributed by atoms with Crippen molar-refractivity contribution in [1.29, 1.82) is 0 Å². The highest BCUT2D eigenvalue weighted by Crippen LogP contribution is 2.28. The van der Waals surface area contributed by atoms with E-state index in [4.69, 9.17) is 9.25 Å². The molecule has 2 aromatic rings. The Morgan fingerprint density at radius 1 is 1.50 bits per heavy atom. The molecule has 0 unspecified atom stereocenters. The van der Waals surface area contributed by atoms with Crippen molar-refractivity contribution in [2.24, 2.45) is 0 Å². The minimum atomic E-state index is -0.288. The number of hydrogen-bond donors (Lipinski definition) is 1. The standard InChI is InChI=1S/C14H16N2O3S/c1-9-12(13(17)16-19-10-5-2-3-6-10)15-14(20-9)11-7-4-8-18-11/h4,7-8,10H,2-3,5-6H2,1H3,(H,16,17). The van der Waals surface area contributed by atoms with Crippen molar-refractivity contribution in [1.82, 2.24) is 10.5 Å². The van der Waals surface area contributed by atoms with E-state index < -0.39 is 0 Å². The van der Waals surface area contributed by atoms with Gasteiger partial charge in [-0.3, -0.25) is 9.63 Å². The second-order valence-corrected chi connectivity index (χ2v) is 6.06. The SMILES string of the molecule is Cc1sc(-c2ccco2)nc1C(=O)NOC1CCCC1. The number of hydrogen-bond acceptors (Lipinski definition) is 5. The Hall–Kier alpha value is -1.66. The third-order valence-corrected chi connectivity index (χ3v) is 4.35. The first-order valence-corrected chi connectivity index (χ1v) is 7.53. The van der Waals surface area contributed by atoms with Crippen molar-refractivity contribution in [3.8, 4) is 10.8 Å². The summed E-state index contributed by atoms with van der Waals surface area (Å²) in [5, 5.41) is 0.707. The summed E-state index contributed by atoms with van der Waals surface area (Å²) in [7, 11) is 0. The molecular formula is C14H16N2O3S. The van der Waals surface area contributed by atoms with Gasteiger partial charge in [0.05, 0.1) is 12.4 Å². The van der Waals surface area contributed by atoms with Gasteiger partial charge in [0, 0.05) is 4.88 Å². The number of hydroxylamine groups is 1. The lowest BCUT2D eigenvalue weighted by atomic mass is 10.3. The Morgan fingerprint density at radius 3 is 3.00 bits per heavy atom. The first-order valence-electron chi connectivity index (χ1n) is 6.71. The van der Waals surface area contributed by atoms with E-state index in [1.807, 2.05) is 13.0 Å². The van der Waals surface area contributed by atoms with Crippen LogP contribution in [-0.4, -0.2) is 17.0 Å². The summed E-state index contributed by atoms with van der Waals surface area (Å²) in [5.74, 6) is 0.386. The molecule has 0 aliphatic heterocycles. The number of nitrogens with zero attached hydrogens (tertiary/aromatic N) is 1. The van der Waals surface area contributed by atoms with Gasteiger partial charge < -0.3 is 4.42 Å². The quantitative estimate of drug-likeness (QED) is 0.878. The van der Waals surface area contributed by atoms with Gasteiger partial charge in [-0.15, -0.1) is 11.3 Å². The largest absolute Gasteiger partial charge is 0.462 e. The fraction of sp³-hybridized carbons (Fsp3) is 0.429. The maximum atomic E-state index is 12.1. The smallest absolute Gasteiger partial charge is 0.294 e. The number of aromatic nitrogens is 1. The van der Waals surface area contributed by atoms with Gasteiger partial charge in [-0.05, 0) is 31.9 Å². The van der Waals surface area contributed by atoms with Crippen molar-refractivity contribution in [2.75, 3.05) is 0 Å². The van der Waals surface area contributed by atoms with Crippen LogP contribution in [0.1, 0.15) is 41.0 Å². The molecule has 6 heteroatoms. The highest BCUT2D eigenvalue weighted by Gasteiger charge is 2.20. The summed E-state index contributed by atoms with van der Waals surface area (Å²) in [6.07, 6.45) is 6.08. The lowest BCUT2D eigenvalue weighted by Gasteiger charge is -2.10. The zero-order valence-corrected chi connectivity index (χ0v) is 12.0. The van der Waals surface area contributed by atoms with Crippen LogP contribution in [0.3, 0.4) is 0 Å². The van der Waals surface area contributed by atoms with E-state index in [0.717, 1.165) is 17.7 Å².